The van der Waals surface area contributed by atoms with Crippen LogP contribution in [0.15, 0.2) is 12.3 Å². The first kappa shape index (κ1) is 10.5. The minimum Gasteiger partial charge on any atom is -0.320 e. The maximum absolute atomic E-state index is 12.8. The molecule has 1 fully saturated rings. The highest BCUT2D eigenvalue weighted by Gasteiger charge is 2.56. The number of rotatable bonds is 2. The molecule has 1 heterocycles. The summed E-state index contributed by atoms with van der Waals surface area (Å²) in [5, 5.41) is 4.10. The van der Waals surface area contributed by atoms with Gasteiger partial charge in [-0.05, 0) is 19.9 Å². The standard InChI is InChI=1S/C10H15F2N3/c1-7(2)15-8(3-4-14-15)9(13)5-10(11,12)6-9/h3-4,7H,5-6,13H2,1-2H3. The Labute approximate surface area is 87.3 Å². The molecular weight excluding hydrogens is 200 g/mol. The van der Waals surface area contributed by atoms with Crippen molar-refractivity contribution in [3.8, 4) is 0 Å². The van der Waals surface area contributed by atoms with Crippen molar-refractivity contribution < 1.29 is 8.78 Å². The maximum Gasteiger partial charge on any atom is 0.252 e. The van der Waals surface area contributed by atoms with Gasteiger partial charge in [-0.2, -0.15) is 5.10 Å². The van der Waals surface area contributed by atoms with Crippen molar-refractivity contribution in [2.45, 2.75) is 44.2 Å². The molecule has 0 amide bonds. The largest absolute Gasteiger partial charge is 0.320 e. The smallest absolute Gasteiger partial charge is 0.252 e. The molecule has 0 bridgehead atoms. The Morgan fingerprint density at radius 1 is 1.47 bits per heavy atom. The second-order valence-corrected chi connectivity index (χ2v) is 4.62. The van der Waals surface area contributed by atoms with Crippen LogP contribution in [0.2, 0.25) is 0 Å². The monoisotopic (exact) mass is 215 g/mol. The summed E-state index contributed by atoms with van der Waals surface area (Å²) in [7, 11) is 0. The van der Waals surface area contributed by atoms with E-state index in [0.29, 0.717) is 5.69 Å². The highest BCUT2D eigenvalue weighted by molar-refractivity contribution is 5.22. The van der Waals surface area contributed by atoms with Gasteiger partial charge in [0.2, 0.25) is 0 Å². The van der Waals surface area contributed by atoms with E-state index in [2.05, 4.69) is 5.10 Å². The number of nitrogens with two attached hydrogens (primary N) is 1. The number of nitrogens with zero attached hydrogens (tertiary/aromatic N) is 2. The second-order valence-electron chi connectivity index (χ2n) is 4.62. The molecule has 5 heteroatoms. The average Bonchev–Trinajstić information content (AvgIpc) is 2.46. The molecule has 0 spiro atoms. The molecule has 0 radical (unpaired) electrons. The van der Waals surface area contributed by atoms with Crippen molar-refractivity contribution in [1.29, 1.82) is 0 Å². The topological polar surface area (TPSA) is 43.8 Å². The van der Waals surface area contributed by atoms with Crippen LogP contribution in [0.1, 0.15) is 38.4 Å². The molecule has 15 heavy (non-hydrogen) atoms. The molecule has 1 aliphatic carbocycles. The summed E-state index contributed by atoms with van der Waals surface area (Å²) >= 11 is 0. The van der Waals surface area contributed by atoms with E-state index in [9.17, 15) is 8.78 Å². The molecule has 3 nitrogen and oxygen atoms in total. The first-order valence-electron chi connectivity index (χ1n) is 5.05. The second kappa shape index (κ2) is 3.01. The SMILES string of the molecule is CC(C)n1nccc1C1(N)CC(F)(F)C1. The Kier molecular flexibility index (Phi) is 2.12. The maximum atomic E-state index is 12.8. The average molecular weight is 215 g/mol. The summed E-state index contributed by atoms with van der Waals surface area (Å²) in [5.41, 5.74) is 5.75. The molecule has 0 aliphatic heterocycles. The fraction of sp³-hybridized carbons (Fsp3) is 0.700. The van der Waals surface area contributed by atoms with Gasteiger partial charge in [-0.15, -0.1) is 0 Å². The molecular formula is C10H15F2N3. The van der Waals surface area contributed by atoms with E-state index in [1.807, 2.05) is 13.8 Å². The van der Waals surface area contributed by atoms with Crippen molar-refractivity contribution in [2.75, 3.05) is 0 Å². The van der Waals surface area contributed by atoms with Crippen molar-refractivity contribution in [3.05, 3.63) is 18.0 Å². The molecule has 0 saturated heterocycles. The Bertz CT molecular complexity index is 362. The van der Waals surface area contributed by atoms with Gasteiger partial charge in [0.25, 0.3) is 5.92 Å². The molecule has 2 N–H and O–H groups in total. The Morgan fingerprint density at radius 3 is 2.53 bits per heavy atom. The normalized spacial score (nSPS) is 22.8. The van der Waals surface area contributed by atoms with E-state index in [-0.39, 0.29) is 18.9 Å². The van der Waals surface area contributed by atoms with Gasteiger partial charge in [0.05, 0.1) is 11.2 Å². The van der Waals surface area contributed by atoms with Crippen LogP contribution in [0.4, 0.5) is 8.78 Å². The number of hydrogen-bond donors (Lipinski definition) is 1. The minimum absolute atomic E-state index is 0.143. The summed E-state index contributed by atoms with van der Waals surface area (Å²) in [6, 6.07) is 1.87. The van der Waals surface area contributed by atoms with Gasteiger partial charge in [0.15, 0.2) is 0 Å². The summed E-state index contributed by atoms with van der Waals surface area (Å²) in [6.07, 6.45) is 1.05. The van der Waals surface area contributed by atoms with Gasteiger partial charge >= 0.3 is 0 Å². The Balaban J connectivity index is 2.27. The molecule has 0 aromatic carbocycles. The summed E-state index contributed by atoms with van der Waals surface area (Å²) in [6.45, 7) is 3.91. The summed E-state index contributed by atoms with van der Waals surface area (Å²) < 4.78 is 27.4. The molecule has 84 valence electrons. The molecule has 1 saturated carbocycles. The lowest BCUT2D eigenvalue weighted by atomic mass is 9.72. The highest BCUT2D eigenvalue weighted by atomic mass is 19.3. The first-order chi connectivity index (χ1) is 6.84. The van der Waals surface area contributed by atoms with Gasteiger partial charge < -0.3 is 5.73 Å². The van der Waals surface area contributed by atoms with Crippen LogP contribution in [-0.4, -0.2) is 15.7 Å². The fourth-order valence-electron chi connectivity index (χ4n) is 2.17. The van der Waals surface area contributed by atoms with Crippen molar-refractivity contribution in [3.63, 3.8) is 0 Å². The van der Waals surface area contributed by atoms with Gasteiger partial charge in [-0.1, -0.05) is 0 Å². The lowest BCUT2D eigenvalue weighted by molar-refractivity contribution is -0.127. The number of hydrogen-bond acceptors (Lipinski definition) is 2. The minimum atomic E-state index is -2.61. The number of halogens is 2. The molecule has 0 unspecified atom stereocenters. The van der Waals surface area contributed by atoms with E-state index in [1.165, 1.54) is 0 Å². The Hall–Kier alpha value is -0.970. The van der Waals surface area contributed by atoms with E-state index in [4.69, 9.17) is 5.73 Å². The van der Waals surface area contributed by atoms with Crippen molar-refractivity contribution in [1.82, 2.24) is 9.78 Å². The third-order valence-corrected chi connectivity index (χ3v) is 2.82. The van der Waals surface area contributed by atoms with Gasteiger partial charge in [0, 0.05) is 25.1 Å². The predicted molar refractivity (Wildman–Crippen MR) is 52.7 cm³/mol. The number of aromatic nitrogens is 2. The Morgan fingerprint density at radius 2 is 2.07 bits per heavy atom. The van der Waals surface area contributed by atoms with Crippen molar-refractivity contribution in [2.24, 2.45) is 5.73 Å². The zero-order valence-electron chi connectivity index (χ0n) is 8.87. The molecule has 2 rings (SSSR count). The van der Waals surface area contributed by atoms with Gasteiger partial charge in [0.1, 0.15) is 0 Å². The van der Waals surface area contributed by atoms with E-state index < -0.39 is 11.5 Å². The van der Waals surface area contributed by atoms with Crippen molar-refractivity contribution >= 4 is 0 Å². The third kappa shape index (κ3) is 1.65. The summed E-state index contributed by atoms with van der Waals surface area (Å²) in [4.78, 5) is 0. The summed E-state index contributed by atoms with van der Waals surface area (Å²) in [5.74, 6) is -2.61. The molecule has 1 aromatic rings. The third-order valence-electron chi connectivity index (χ3n) is 2.82. The van der Waals surface area contributed by atoms with Crippen LogP contribution in [0, 0.1) is 0 Å². The first-order valence-corrected chi connectivity index (χ1v) is 5.05. The van der Waals surface area contributed by atoms with Gasteiger partial charge in [-0.25, -0.2) is 8.78 Å². The van der Waals surface area contributed by atoms with Crippen LogP contribution >= 0.6 is 0 Å². The van der Waals surface area contributed by atoms with E-state index in [0.717, 1.165) is 0 Å². The zero-order chi connectivity index (χ0) is 11.3. The van der Waals surface area contributed by atoms with Gasteiger partial charge in [-0.3, -0.25) is 4.68 Å². The quantitative estimate of drug-likeness (QED) is 0.820. The van der Waals surface area contributed by atoms with Crippen LogP contribution in [0.25, 0.3) is 0 Å². The zero-order valence-corrected chi connectivity index (χ0v) is 8.87. The van der Waals surface area contributed by atoms with E-state index in [1.54, 1.807) is 16.9 Å². The molecule has 1 aromatic heterocycles. The van der Waals surface area contributed by atoms with E-state index >= 15 is 0 Å². The lowest BCUT2D eigenvalue weighted by Gasteiger charge is -2.44. The molecule has 0 atom stereocenters. The van der Waals surface area contributed by atoms with Crippen LogP contribution in [0.3, 0.4) is 0 Å². The number of alkyl halides is 2. The van der Waals surface area contributed by atoms with Crippen LogP contribution in [0.5, 0.6) is 0 Å². The highest BCUT2D eigenvalue weighted by Crippen LogP contribution is 2.49. The lowest BCUT2D eigenvalue weighted by Crippen LogP contribution is -2.56. The fourth-order valence-corrected chi connectivity index (χ4v) is 2.17. The predicted octanol–water partition coefficient (Wildman–Crippen LogP) is 2.05. The van der Waals surface area contributed by atoms with Crippen LogP contribution < -0.4 is 5.73 Å². The van der Waals surface area contributed by atoms with Crippen LogP contribution in [-0.2, 0) is 5.54 Å². The molecule has 1 aliphatic rings.